The first kappa shape index (κ1) is 32.8. The number of imide groups is 1. The predicted octanol–water partition coefficient (Wildman–Crippen LogP) is 6.93. The molecule has 46 heavy (non-hydrogen) atoms. The van der Waals surface area contributed by atoms with Crippen molar-refractivity contribution >= 4 is 23.0 Å². The molecule has 238 valence electrons. The third kappa shape index (κ3) is 7.27. The van der Waals surface area contributed by atoms with E-state index in [1.54, 1.807) is 24.3 Å². The summed E-state index contributed by atoms with van der Waals surface area (Å²) in [6.07, 6.45) is 2.06. The molecule has 0 aromatic heterocycles. The SMILES string of the molecule is CCN(CC)CCCCOc1ccc(C2=C(c3ccc(F)cc3)C(=O)N(CCC(O)(c3ccccc3)c3ccccc3)C2=O)cc1. The van der Waals surface area contributed by atoms with Gasteiger partial charge in [0.25, 0.3) is 11.8 Å². The number of halogens is 1. The van der Waals surface area contributed by atoms with Gasteiger partial charge < -0.3 is 14.7 Å². The van der Waals surface area contributed by atoms with Crippen LogP contribution in [0, 0.1) is 5.82 Å². The first-order valence-corrected chi connectivity index (χ1v) is 16.0. The Morgan fingerprint density at radius 2 is 1.22 bits per heavy atom. The standard InChI is InChI=1S/C39H41FN2O4/c1-3-41(4-2)26-11-12-28-46-34-23-19-30(20-24-34)36-35(29-17-21-33(40)22-18-29)37(43)42(38(36)44)27-25-39(45,31-13-7-5-8-14-31)32-15-9-6-10-16-32/h5-10,13-24,45H,3-4,11-12,25-28H2,1-2H3. The molecule has 5 rings (SSSR count). The molecule has 4 aromatic rings. The Labute approximate surface area is 270 Å². The number of unbranched alkanes of at least 4 members (excludes halogenated alkanes) is 1. The van der Waals surface area contributed by atoms with Gasteiger partial charge in [-0.25, -0.2) is 4.39 Å². The van der Waals surface area contributed by atoms with Gasteiger partial charge >= 0.3 is 0 Å². The summed E-state index contributed by atoms with van der Waals surface area (Å²) in [5.74, 6) is -0.699. The highest BCUT2D eigenvalue weighted by Crippen LogP contribution is 2.39. The summed E-state index contributed by atoms with van der Waals surface area (Å²) in [5, 5.41) is 12.0. The molecule has 6 nitrogen and oxygen atoms in total. The van der Waals surface area contributed by atoms with Gasteiger partial charge in [-0.3, -0.25) is 14.5 Å². The number of ether oxygens (including phenoxy) is 1. The van der Waals surface area contributed by atoms with Crippen molar-refractivity contribution in [3.8, 4) is 5.75 Å². The van der Waals surface area contributed by atoms with Crippen LogP contribution in [0.3, 0.4) is 0 Å². The number of carbonyl (C=O) groups excluding carboxylic acids is 2. The van der Waals surface area contributed by atoms with Crippen molar-refractivity contribution in [2.75, 3.05) is 32.8 Å². The maximum absolute atomic E-state index is 14.0. The Morgan fingerprint density at radius 1 is 0.717 bits per heavy atom. The highest BCUT2D eigenvalue weighted by atomic mass is 19.1. The normalized spacial score (nSPS) is 13.6. The number of nitrogens with zero attached hydrogens (tertiary/aromatic N) is 2. The highest BCUT2D eigenvalue weighted by molar-refractivity contribution is 6.49. The predicted molar refractivity (Wildman–Crippen MR) is 179 cm³/mol. The van der Waals surface area contributed by atoms with Crippen molar-refractivity contribution in [1.29, 1.82) is 0 Å². The summed E-state index contributed by atoms with van der Waals surface area (Å²) < 4.78 is 19.8. The van der Waals surface area contributed by atoms with Crippen LogP contribution in [-0.2, 0) is 15.2 Å². The summed E-state index contributed by atoms with van der Waals surface area (Å²) in [7, 11) is 0. The molecule has 7 heteroatoms. The van der Waals surface area contributed by atoms with Crippen molar-refractivity contribution in [1.82, 2.24) is 9.80 Å². The van der Waals surface area contributed by atoms with E-state index in [1.807, 2.05) is 60.7 Å². The summed E-state index contributed by atoms with van der Waals surface area (Å²) in [5.41, 5.74) is 1.35. The molecular formula is C39H41FN2O4. The van der Waals surface area contributed by atoms with Gasteiger partial charge in [0, 0.05) is 13.0 Å². The molecule has 0 spiro atoms. The molecule has 0 fully saturated rings. The number of amides is 2. The zero-order chi connectivity index (χ0) is 32.5. The lowest BCUT2D eigenvalue weighted by Gasteiger charge is -2.31. The molecule has 0 atom stereocenters. The van der Waals surface area contributed by atoms with E-state index in [1.165, 1.54) is 29.2 Å². The van der Waals surface area contributed by atoms with Gasteiger partial charge in [0.2, 0.25) is 0 Å². The van der Waals surface area contributed by atoms with Crippen LogP contribution in [0.15, 0.2) is 109 Å². The molecule has 1 N–H and O–H groups in total. The van der Waals surface area contributed by atoms with Gasteiger partial charge in [-0.15, -0.1) is 0 Å². The molecule has 0 radical (unpaired) electrons. The maximum atomic E-state index is 14.0. The van der Waals surface area contributed by atoms with E-state index in [4.69, 9.17) is 4.74 Å². The molecule has 1 aliphatic rings. The number of benzene rings is 4. The van der Waals surface area contributed by atoms with Crippen molar-refractivity contribution in [2.45, 2.75) is 38.7 Å². The molecule has 0 saturated carbocycles. The second-order valence-electron chi connectivity index (χ2n) is 11.5. The Hall–Kier alpha value is -4.59. The average molecular weight is 621 g/mol. The molecule has 0 saturated heterocycles. The number of hydrogen-bond donors (Lipinski definition) is 1. The van der Waals surface area contributed by atoms with Gasteiger partial charge in [-0.05, 0) is 79.0 Å². The average Bonchev–Trinajstić information content (AvgIpc) is 3.35. The highest BCUT2D eigenvalue weighted by Gasteiger charge is 2.41. The van der Waals surface area contributed by atoms with E-state index >= 15 is 0 Å². The molecule has 0 unspecified atom stereocenters. The molecular weight excluding hydrogens is 579 g/mol. The van der Waals surface area contributed by atoms with Gasteiger partial charge in [0.15, 0.2) is 0 Å². The number of hydrogen-bond acceptors (Lipinski definition) is 5. The number of aliphatic hydroxyl groups is 1. The van der Waals surface area contributed by atoms with Crippen LogP contribution in [0.4, 0.5) is 4.39 Å². The van der Waals surface area contributed by atoms with Crippen LogP contribution in [0.5, 0.6) is 5.75 Å². The largest absolute Gasteiger partial charge is 0.494 e. The van der Waals surface area contributed by atoms with Crippen LogP contribution in [0.2, 0.25) is 0 Å². The van der Waals surface area contributed by atoms with Crippen molar-refractivity contribution < 1.29 is 23.8 Å². The van der Waals surface area contributed by atoms with E-state index in [9.17, 15) is 19.1 Å². The Balaban J connectivity index is 1.38. The minimum atomic E-state index is -1.44. The van der Waals surface area contributed by atoms with E-state index in [2.05, 4.69) is 18.7 Å². The van der Waals surface area contributed by atoms with E-state index in [0.717, 1.165) is 32.5 Å². The van der Waals surface area contributed by atoms with Crippen molar-refractivity contribution in [3.05, 3.63) is 137 Å². The zero-order valence-electron chi connectivity index (χ0n) is 26.5. The summed E-state index contributed by atoms with van der Waals surface area (Å²) >= 11 is 0. The summed E-state index contributed by atoms with van der Waals surface area (Å²) in [4.78, 5) is 31.6. The van der Waals surface area contributed by atoms with Gasteiger partial charge in [-0.2, -0.15) is 0 Å². The fraction of sp³-hybridized carbons (Fsp3) is 0.282. The minimum absolute atomic E-state index is 0.0269. The third-order valence-corrected chi connectivity index (χ3v) is 8.68. The lowest BCUT2D eigenvalue weighted by Crippen LogP contribution is -2.38. The van der Waals surface area contributed by atoms with Gasteiger partial charge in [-0.1, -0.05) is 98.8 Å². The van der Waals surface area contributed by atoms with Gasteiger partial charge in [0.05, 0.1) is 17.8 Å². The quantitative estimate of drug-likeness (QED) is 0.115. The minimum Gasteiger partial charge on any atom is -0.494 e. The van der Waals surface area contributed by atoms with Crippen molar-refractivity contribution in [3.63, 3.8) is 0 Å². The first-order chi connectivity index (χ1) is 22.4. The van der Waals surface area contributed by atoms with E-state index in [-0.39, 0.29) is 24.1 Å². The Bertz CT molecular complexity index is 1590. The van der Waals surface area contributed by atoms with Crippen LogP contribution in [0.25, 0.3) is 11.1 Å². The van der Waals surface area contributed by atoms with E-state index in [0.29, 0.717) is 34.6 Å². The monoisotopic (exact) mass is 620 g/mol. The number of carbonyl (C=O) groups is 2. The lowest BCUT2D eigenvalue weighted by atomic mass is 9.83. The molecule has 4 aromatic carbocycles. The summed E-state index contributed by atoms with van der Waals surface area (Å²) in [6.45, 7) is 7.99. The van der Waals surface area contributed by atoms with Crippen LogP contribution >= 0.6 is 0 Å². The molecule has 1 aliphatic heterocycles. The smallest absolute Gasteiger partial charge is 0.262 e. The first-order valence-electron chi connectivity index (χ1n) is 16.0. The third-order valence-electron chi connectivity index (χ3n) is 8.68. The molecule has 1 heterocycles. The number of rotatable bonds is 15. The van der Waals surface area contributed by atoms with Crippen LogP contribution < -0.4 is 4.74 Å². The van der Waals surface area contributed by atoms with Crippen LogP contribution in [0.1, 0.15) is 55.4 Å². The Kier molecular flexibility index (Phi) is 10.8. The fourth-order valence-electron chi connectivity index (χ4n) is 5.97. The molecule has 2 amide bonds. The zero-order valence-corrected chi connectivity index (χ0v) is 26.5. The summed E-state index contributed by atoms with van der Waals surface area (Å²) in [6, 6.07) is 31.2. The lowest BCUT2D eigenvalue weighted by molar-refractivity contribution is -0.136. The second kappa shape index (κ2) is 15.1. The van der Waals surface area contributed by atoms with Crippen molar-refractivity contribution in [2.24, 2.45) is 0 Å². The van der Waals surface area contributed by atoms with Gasteiger partial charge in [0.1, 0.15) is 17.2 Å². The fourth-order valence-corrected chi connectivity index (χ4v) is 5.97. The van der Waals surface area contributed by atoms with E-state index < -0.39 is 23.2 Å². The Morgan fingerprint density at radius 3 is 1.72 bits per heavy atom. The molecule has 0 bridgehead atoms. The maximum Gasteiger partial charge on any atom is 0.262 e. The second-order valence-corrected chi connectivity index (χ2v) is 11.5. The molecule has 0 aliphatic carbocycles. The van der Waals surface area contributed by atoms with Crippen LogP contribution in [-0.4, -0.2) is 59.5 Å². The topological polar surface area (TPSA) is 70.1 Å².